The molecule has 0 aliphatic carbocycles. The molecule has 1 N–H and O–H groups in total. The molecule has 3 rings (SSSR count). The molecular formula is C19H15F5N4O. The van der Waals surface area contributed by atoms with Gasteiger partial charge in [-0.05, 0) is 23.6 Å². The topological polar surface area (TPSA) is 59.8 Å². The van der Waals surface area contributed by atoms with E-state index in [9.17, 15) is 26.7 Å². The van der Waals surface area contributed by atoms with Crippen LogP contribution in [-0.2, 0) is 19.1 Å². The minimum absolute atomic E-state index is 0.00176. The largest absolute Gasteiger partial charge is 0.416 e. The number of aromatic nitrogens is 3. The summed E-state index contributed by atoms with van der Waals surface area (Å²) in [4.78, 5) is 15.3. The van der Waals surface area contributed by atoms with Crippen LogP contribution >= 0.6 is 0 Å². The van der Waals surface area contributed by atoms with Gasteiger partial charge in [0.05, 0.1) is 24.5 Å². The molecule has 0 saturated carbocycles. The monoisotopic (exact) mass is 410 g/mol. The van der Waals surface area contributed by atoms with E-state index in [-0.39, 0.29) is 17.9 Å². The van der Waals surface area contributed by atoms with E-state index in [0.29, 0.717) is 24.4 Å². The number of pyridine rings is 1. The highest BCUT2D eigenvalue weighted by Gasteiger charge is 2.33. The fraction of sp³-hybridized carbons (Fsp3) is 0.211. The standard InChI is InChI=1S/C19H15F5N4O/c1-2-11-3-4-12(13(7-11)19(22,23)24)10-28-6-5-16(27-28)26-18(29)17-14(20)8-25-9-15(17)21/h3-9H,2,10H2,1H3,(H,26,27,29). The van der Waals surface area contributed by atoms with Gasteiger partial charge in [-0.3, -0.25) is 14.5 Å². The van der Waals surface area contributed by atoms with E-state index in [0.717, 1.165) is 6.07 Å². The smallest absolute Gasteiger partial charge is 0.305 e. The molecule has 0 radical (unpaired) electrons. The first kappa shape index (κ1) is 20.4. The van der Waals surface area contributed by atoms with Gasteiger partial charge in [-0.25, -0.2) is 8.78 Å². The number of nitrogens with one attached hydrogen (secondary N) is 1. The Morgan fingerprint density at radius 1 is 1.14 bits per heavy atom. The normalized spacial score (nSPS) is 11.5. The highest BCUT2D eigenvalue weighted by molar-refractivity contribution is 6.04. The lowest BCUT2D eigenvalue weighted by Crippen LogP contribution is -2.17. The van der Waals surface area contributed by atoms with Gasteiger partial charge in [-0.1, -0.05) is 19.1 Å². The first-order valence-corrected chi connectivity index (χ1v) is 8.52. The summed E-state index contributed by atoms with van der Waals surface area (Å²) in [6, 6.07) is 5.38. The molecule has 2 heterocycles. The number of nitrogens with zero attached hydrogens (tertiary/aromatic N) is 3. The van der Waals surface area contributed by atoms with Crippen LogP contribution in [0, 0.1) is 11.6 Å². The molecule has 0 unspecified atom stereocenters. The third-order valence-electron chi connectivity index (χ3n) is 4.18. The molecule has 0 fully saturated rings. The molecule has 0 atom stereocenters. The molecule has 0 saturated heterocycles. The van der Waals surface area contributed by atoms with Crippen LogP contribution < -0.4 is 5.32 Å². The van der Waals surface area contributed by atoms with Gasteiger partial charge in [0.25, 0.3) is 5.91 Å². The molecule has 5 nitrogen and oxygen atoms in total. The molecule has 2 aromatic heterocycles. The number of carbonyl (C=O) groups is 1. The van der Waals surface area contributed by atoms with Crippen LogP contribution in [-0.4, -0.2) is 20.7 Å². The van der Waals surface area contributed by atoms with E-state index in [1.54, 1.807) is 13.0 Å². The number of hydrogen-bond donors (Lipinski definition) is 1. The van der Waals surface area contributed by atoms with E-state index in [4.69, 9.17) is 0 Å². The first-order chi connectivity index (χ1) is 13.7. The van der Waals surface area contributed by atoms with Crippen molar-refractivity contribution in [2.75, 3.05) is 5.32 Å². The molecule has 3 aromatic rings. The average Bonchev–Trinajstić information content (AvgIpc) is 3.07. The number of aryl methyl sites for hydroxylation is 1. The van der Waals surface area contributed by atoms with Crippen LogP contribution in [0.5, 0.6) is 0 Å². The second-order valence-electron chi connectivity index (χ2n) is 6.17. The van der Waals surface area contributed by atoms with Gasteiger partial charge in [-0.15, -0.1) is 0 Å². The molecule has 152 valence electrons. The second-order valence-corrected chi connectivity index (χ2v) is 6.17. The van der Waals surface area contributed by atoms with Crippen molar-refractivity contribution >= 4 is 11.7 Å². The molecule has 0 aliphatic heterocycles. The summed E-state index contributed by atoms with van der Waals surface area (Å²) in [6.07, 6.45) is -1.34. The fourth-order valence-electron chi connectivity index (χ4n) is 2.74. The van der Waals surface area contributed by atoms with E-state index >= 15 is 0 Å². The van der Waals surface area contributed by atoms with Crippen molar-refractivity contribution in [1.29, 1.82) is 0 Å². The van der Waals surface area contributed by atoms with E-state index in [1.165, 1.54) is 23.0 Å². The van der Waals surface area contributed by atoms with Crippen LogP contribution in [0.25, 0.3) is 0 Å². The summed E-state index contributed by atoms with van der Waals surface area (Å²) < 4.78 is 68.5. The zero-order valence-electron chi connectivity index (χ0n) is 15.1. The van der Waals surface area contributed by atoms with Crippen molar-refractivity contribution in [3.05, 3.63) is 76.7 Å². The Hall–Kier alpha value is -3.30. The minimum Gasteiger partial charge on any atom is -0.305 e. The molecule has 0 spiro atoms. The lowest BCUT2D eigenvalue weighted by Gasteiger charge is -2.14. The molecule has 29 heavy (non-hydrogen) atoms. The van der Waals surface area contributed by atoms with Gasteiger partial charge in [0.15, 0.2) is 17.5 Å². The van der Waals surface area contributed by atoms with Gasteiger partial charge in [-0.2, -0.15) is 18.3 Å². The number of carbonyl (C=O) groups excluding carboxylic acids is 1. The Bertz CT molecular complexity index is 1030. The van der Waals surface area contributed by atoms with Crippen molar-refractivity contribution in [1.82, 2.24) is 14.8 Å². The SMILES string of the molecule is CCc1ccc(Cn2ccc(NC(=O)c3c(F)cncc3F)n2)c(C(F)(F)F)c1. The van der Waals surface area contributed by atoms with Gasteiger partial charge >= 0.3 is 6.18 Å². The maximum absolute atomic E-state index is 13.6. The Balaban J connectivity index is 1.80. The van der Waals surface area contributed by atoms with Crippen molar-refractivity contribution in [3.8, 4) is 0 Å². The Morgan fingerprint density at radius 3 is 2.45 bits per heavy atom. The summed E-state index contributed by atoms with van der Waals surface area (Å²) in [5, 5.41) is 6.16. The van der Waals surface area contributed by atoms with Crippen LogP contribution in [0.2, 0.25) is 0 Å². The number of benzene rings is 1. The van der Waals surface area contributed by atoms with Gasteiger partial charge in [0.2, 0.25) is 0 Å². The fourth-order valence-corrected chi connectivity index (χ4v) is 2.74. The predicted molar refractivity (Wildman–Crippen MR) is 94.3 cm³/mol. The molecule has 0 bridgehead atoms. The number of amides is 1. The molecule has 0 aliphatic rings. The summed E-state index contributed by atoms with van der Waals surface area (Å²) in [5.41, 5.74) is -1.04. The number of halogens is 5. The summed E-state index contributed by atoms with van der Waals surface area (Å²) >= 11 is 0. The van der Waals surface area contributed by atoms with Crippen molar-refractivity contribution in [3.63, 3.8) is 0 Å². The minimum atomic E-state index is -4.53. The quantitative estimate of drug-likeness (QED) is 0.633. The molecule has 1 aromatic carbocycles. The Labute approximate surface area is 162 Å². The summed E-state index contributed by atoms with van der Waals surface area (Å²) in [6.45, 7) is 1.55. The Morgan fingerprint density at radius 2 is 1.83 bits per heavy atom. The van der Waals surface area contributed by atoms with Crippen LogP contribution in [0.15, 0.2) is 42.9 Å². The van der Waals surface area contributed by atoms with Gasteiger partial charge in [0.1, 0.15) is 5.56 Å². The highest BCUT2D eigenvalue weighted by atomic mass is 19.4. The third kappa shape index (κ3) is 4.58. The van der Waals surface area contributed by atoms with Crippen molar-refractivity contribution in [2.24, 2.45) is 0 Å². The average molecular weight is 410 g/mol. The summed E-state index contributed by atoms with van der Waals surface area (Å²) in [7, 11) is 0. The van der Waals surface area contributed by atoms with Gasteiger partial charge < -0.3 is 5.32 Å². The van der Waals surface area contributed by atoms with Crippen molar-refractivity contribution in [2.45, 2.75) is 26.1 Å². The number of rotatable bonds is 5. The lowest BCUT2D eigenvalue weighted by molar-refractivity contribution is -0.138. The number of hydrogen-bond acceptors (Lipinski definition) is 3. The van der Waals surface area contributed by atoms with Gasteiger partial charge in [0, 0.05) is 12.3 Å². The maximum atomic E-state index is 13.6. The number of alkyl halides is 3. The molecular weight excluding hydrogens is 395 g/mol. The number of anilines is 1. The second kappa shape index (κ2) is 7.98. The van der Waals surface area contributed by atoms with E-state index < -0.39 is 34.8 Å². The van der Waals surface area contributed by atoms with E-state index in [1.807, 2.05) is 0 Å². The highest BCUT2D eigenvalue weighted by Crippen LogP contribution is 2.33. The maximum Gasteiger partial charge on any atom is 0.416 e. The third-order valence-corrected chi connectivity index (χ3v) is 4.18. The summed E-state index contributed by atoms with van der Waals surface area (Å²) in [5.74, 6) is -3.44. The van der Waals surface area contributed by atoms with Crippen LogP contribution in [0.1, 0.15) is 34.0 Å². The molecule has 10 heteroatoms. The predicted octanol–water partition coefficient (Wildman–Crippen LogP) is 4.44. The first-order valence-electron chi connectivity index (χ1n) is 8.52. The Kier molecular flexibility index (Phi) is 5.62. The van der Waals surface area contributed by atoms with Crippen molar-refractivity contribution < 1.29 is 26.7 Å². The van der Waals surface area contributed by atoms with E-state index in [2.05, 4.69) is 15.4 Å². The van der Waals surface area contributed by atoms with Crippen LogP contribution in [0.3, 0.4) is 0 Å². The lowest BCUT2D eigenvalue weighted by atomic mass is 10.0. The molecule has 1 amide bonds. The zero-order valence-corrected chi connectivity index (χ0v) is 15.1. The van der Waals surface area contributed by atoms with Crippen LogP contribution in [0.4, 0.5) is 27.8 Å². The zero-order chi connectivity index (χ0) is 21.2.